The average molecular weight is 440 g/mol. The Morgan fingerprint density at radius 2 is 1.69 bits per heavy atom. The Kier molecular flexibility index (Phi) is 7.05. The second kappa shape index (κ2) is 10.1. The molecule has 6 nitrogen and oxygen atoms in total. The molecule has 3 N–H and O–H groups in total. The van der Waals surface area contributed by atoms with Crippen molar-refractivity contribution in [2.24, 2.45) is 0 Å². The van der Waals surface area contributed by atoms with Crippen LogP contribution in [0.4, 0.5) is 9.18 Å². The van der Waals surface area contributed by atoms with E-state index < -0.39 is 6.09 Å². The van der Waals surface area contributed by atoms with Gasteiger partial charge in [-0.3, -0.25) is 9.69 Å². The van der Waals surface area contributed by atoms with Gasteiger partial charge in [0, 0.05) is 24.7 Å². The van der Waals surface area contributed by atoms with Gasteiger partial charge in [-0.05, 0) is 55.4 Å². The quantitative estimate of drug-likeness (QED) is 0.583. The van der Waals surface area contributed by atoms with E-state index in [1.54, 1.807) is 12.1 Å². The van der Waals surface area contributed by atoms with Crippen molar-refractivity contribution in [1.82, 2.24) is 15.5 Å². The highest BCUT2D eigenvalue weighted by Gasteiger charge is 2.41. The van der Waals surface area contributed by atoms with Crippen molar-refractivity contribution in [3.8, 4) is 0 Å². The summed E-state index contributed by atoms with van der Waals surface area (Å²) >= 11 is 0. The minimum absolute atomic E-state index is 0.0238. The molecule has 1 unspecified atom stereocenters. The molecule has 2 amide bonds. The van der Waals surface area contributed by atoms with Gasteiger partial charge in [0.15, 0.2) is 0 Å². The Morgan fingerprint density at radius 1 is 1.03 bits per heavy atom. The molecule has 2 bridgehead atoms. The van der Waals surface area contributed by atoms with Crippen molar-refractivity contribution in [3.63, 3.8) is 0 Å². The van der Waals surface area contributed by atoms with Crippen molar-refractivity contribution >= 4 is 12.0 Å². The largest absolute Gasteiger partial charge is 0.465 e. The number of hydrogen-bond donors (Lipinski definition) is 3. The lowest BCUT2D eigenvalue weighted by molar-refractivity contribution is -0.121. The molecule has 4 rings (SSSR count). The first-order valence-corrected chi connectivity index (χ1v) is 11.3. The average Bonchev–Trinajstić information content (AvgIpc) is 3.01. The number of carbonyl (C=O) groups excluding carboxylic acids is 1. The number of halogens is 1. The monoisotopic (exact) mass is 439 g/mol. The van der Waals surface area contributed by atoms with Crippen molar-refractivity contribution in [2.75, 3.05) is 6.54 Å². The van der Waals surface area contributed by atoms with Gasteiger partial charge < -0.3 is 15.7 Å². The van der Waals surface area contributed by atoms with E-state index in [0.29, 0.717) is 18.5 Å². The lowest BCUT2D eigenvalue weighted by atomic mass is 9.95. The zero-order valence-corrected chi connectivity index (χ0v) is 18.0. The Morgan fingerprint density at radius 3 is 2.31 bits per heavy atom. The summed E-state index contributed by atoms with van der Waals surface area (Å²) in [6.45, 7) is 0.825. The summed E-state index contributed by atoms with van der Waals surface area (Å²) in [6, 6.07) is 16.5. The lowest BCUT2D eigenvalue weighted by Gasteiger charge is -2.39. The smallest absolute Gasteiger partial charge is 0.405 e. The molecular weight excluding hydrogens is 409 g/mol. The van der Waals surface area contributed by atoms with Gasteiger partial charge >= 0.3 is 6.09 Å². The minimum atomic E-state index is -1.01. The molecule has 2 aromatic rings. The summed E-state index contributed by atoms with van der Waals surface area (Å²) in [6.07, 6.45) is 4.00. The molecule has 2 heterocycles. The van der Waals surface area contributed by atoms with Gasteiger partial charge in [-0.2, -0.15) is 0 Å². The number of amides is 2. The molecule has 2 aliphatic heterocycles. The molecule has 2 fully saturated rings. The maximum atomic E-state index is 13.1. The first-order chi connectivity index (χ1) is 15.5. The molecule has 2 aliphatic rings. The molecule has 0 aromatic heterocycles. The second-order valence-corrected chi connectivity index (χ2v) is 8.86. The molecule has 2 saturated heterocycles. The topological polar surface area (TPSA) is 81.7 Å². The summed E-state index contributed by atoms with van der Waals surface area (Å²) in [4.78, 5) is 26.3. The Hall–Kier alpha value is -2.93. The zero-order valence-electron chi connectivity index (χ0n) is 18.0. The van der Waals surface area contributed by atoms with Gasteiger partial charge in [0.25, 0.3) is 0 Å². The molecule has 7 heteroatoms. The van der Waals surface area contributed by atoms with Gasteiger partial charge in [0.1, 0.15) is 5.82 Å². The van der Waals surface area contributed by atoms with Crippen molar-refractivity contribution in [1.29, 1.82) is 0 Å². The van der Waals surface area contributed by atoms with Crippen molar-refractivity contribution in [2.45, 2.75) is 62.7 Å². The van der Waals surface area contributed by atoms with Gasteiger partial charge in [0.05, 0.1) is 12.5 Å². The molecule has 170 valence electrons. The third-order valence-corrected chi connectivity index (χ3v) is 6.70. The predicted octanol–water partition coefficient (Wildman–Crippen LogP) is 3.88. The molecule has 0 saturated carbocycles. The highest BCUT2D eigenvalue weighted by Crippen LogP contribution is 2.36. The molecular formula is C25H30FN3O3. The number of rotatable bonds is 8. The Labute approximate surface area is 187 Å². The third-order valence-electron chi connectivity index (χ3n) is 6.70. The van der Waals surface area contributed by atoms with Gasteiger partial charge in [-0.1, -0.05) is 42.5 Å². The number of benzene rings is 2. The van der Waals surface area contributed by atoms with Crippen LogP contribution < -0.4 is 10.6 Å². The number of fused-ring (bicyclic) bond motifs is 2. The van der Waals surface area contributed by atoms with E-state index in [-0.39, 0.29) is 30.2 Å². The van der Waals surface area contributed by atoms with Crippen LogP contribution in [0.15, 0.2) is 54.6 Å². The van der Waals surface area contributed by atoms with E-state index in [9.17, 15) is 19.1 Å². The summed E-state index contributed by atoms with van der Waals surface area (Å²) in [5, 5.41) is 15.1. The van der Waals surface area contributed by atoms with Gasteiger partial charge in [-0.25, -0.2) is 9.18 Å². The first kappa shape index (κ1) is 22.3. The minimum Gasteiger partial charge on any atom is -0.465 e. The zero-order chi connectivity index (χ0) is 22.5. The van der Waals surface area contributed by atoms with Crippen LogP contribution in [-0.4, -0.2) is 46.7 Å². The number of hydrogen-bond acceptors (Lipinski definition) is 3. The fourth-order valence-electron chi connectivity index (χ4n) is 5.26. The SMILES string of the molecule is O=C(O)N[C@@H](CCN1[C@@H]2CC[C@H]1CC(NC(=O)Cc1ccc(F)cc1)C2)c1ccccc1. The molecule has 0 radical (unpaired) electrons. The van der Waals surface area contributed by atoms with Crippen LogP contribution in [0.25, 0.3) is 0 Å². The summed E-state index contributed by atoms with van der Waals surface area (Å²) < 4.78 is 13.1. The fraction of sp³-hybridized carbons (Fsp3) is 0.440. The number of nitrogens with zero attached hydrogens (tertiary/aromatic N) is 1. The molecule has 2 aromatic carbocycles. The number of carboxylic acid groups (broad SMARTS) is 1. The second-order valence-electron chi connectivity index (χ2n) is 8.86. The van der Waals surface area contributed by atoms with E-state index in [1.165, 1.54) is 12.1 Å². The van der Waals surface area contributed by atoms with Crippen LogP contribution in [0, 0.1) is 5.82 Å². The standard InChI is InChI=1S/C25H30FN3O3/c26-19-8-6-17(7-9-19)14-24(30)27-20-15-21-10-11-22(16-20)29(21)13-12-23(28-25(31)32)18-4-2-1-3-5-18/h1-9,20-23,28H,10-16H2,(H,27,30)(H,31,32)/t20?,21-,22+,23-/m0/s1. The predicted molar refractivity (Wildman–Crippen MR) is 120 cm³/mol. The summed E-state index contributed by atoms with van der Waals surface area (Å²) in [5.41, 5.74) is 1.78. The third kappa shape index (κ3) is 5.65. The maximum Gasteiger partial charge on any atom is 0.405 e. The van der Waals surface area contributed by atoms with Crippen LogP contribution in [0.2, 0.25) is 0 Å². The van der Waals surface area contributed by atoms with Crippen LogP contribution in [-0.2, 0) is 11.2 Å². The van der Waals surface area contributed by atoms with E-state index in [0.717, 1.165) is 43.4 Å². The highest BCUT2D eigenvalue weighted by molar-refractivity contribution is 5.78. The van der Waals surface area contributed by atoms with Crippen LogP contribution in [0.1, 0.15) is 49.3 Å². The van der Waals surface area contributed by atoms with Gasteiger partial charge in [0.2, 0.25) is 5.91 Å². The Balaban J connectivity index is 1.30. The summed E-state index contributed by atoms with van der Waals surface area (Å²) in [5.74, 6) is -0.324. The van der Waals surface area contributed by atoms with Crippen molar-refractivity contribution in [3.05, 3.63) is 71.5 Å². The van der Waals surface area contributed by atoms with Crippen molar-refractivity contribution < 1.29 is 19.1 Å². The fourth-order valence-corrected chi connectivity index (χ4v) is 5.26. The molecule has 32 heavy (non-hydrogen) atoms. The number of piperidine rings is 1. The normalized spacial score (nSPS) is 23.5. The molecule has 0 spiro atoms. The molecule has 4 atom stereocenters. The van der Waals surface area contributed by atoms with E-state index in [2.05, 4.69) is 15.5 Å². The van der Waals surface area contributed by atoms with Crippen LogP contribution in [0.5, 0.6) is 0 Å². The van der Waals surface area contributed by atoms with Gasteiger partial charge in [-0.15, -0.1) is 0 Å². The highest BCUT2D eigenvalue weighted by atomic mass is 19.1. The maximum absolute atomic E-state index is 13.1. The van der Waals surface area contributed by atoms with Crippen LogP contribution >= 0.6 is 0 Å². The van der Waals surface area contributed by atoms with E-state index in [1.807, 2.05) is 30.3 Å². The number of nitrogens with one attached hydrogen (secondary N) is 2. The lowest BCUT2D eigenvalue weighted by Crippen LogP contribution is -2.51. The first-order valence-electron chi connectivity index (χ1n) is 11.3. The van der Waals surface area contributed by atoms with E-state index in [4.69, 9.17) is 0 Å². The number of carbonyl (C=O) groups is 2. The molecule has 0 aliphatic carbocycles. The summed E-state index contributed by atoms with van der Waals surface area (Å²) in [7, 11) is 0. The Bertz CT molecular complexity index is 908. The van der Waals surface area contributed by atoms with Crippen LogP contribution in [0.3, 0.4) is 0 Å². The van der Waals surface area contributed by atoms with E-state index >= 15 is 0 Å².